The number of benzene rings is 1. The zero-order valence-corrected chi connectivity index (χ0v) is 18.5. The van der Waals surface area contributed by atoms with Crippen LogP contribution in [0.25, 0.3) is 0 Å². The third-order valence-electron chi connectivity index (χ3n) is 7.62. The highest BCUT2D eigenvalue weighted by Gasteiger charge is 2.55. The maximum atomic E-state index is 13.4. The molecule has 1 N–H and O–H groups in total. The highest BCUT2D eigenvalue weighted by Crippen LogP contribution is 2.40. The molecule has 1 aliphatic carbocycles. The number of amides is 5. The van der Waals surface area contributed by atoms with Crippen molar-refractivity contribution in [3.8, 4) is 0 Å². The number of urea groups is 1. The topological polar surface area (TPSA) is 90.0 Å². The van der Waals surface area contributed by atoms with Crippen molar-refractivity contribution in [2.75, 3.05) is 26.2 Å². The van der Waals surface area contributed by atoms with Gasteiger partial charge in [0.05, 0.1) is 6.04 Å². The SMILES string of the molecule is C[C@@H]1C[C@H]1C(=O)N1CCC[C@H](N2C(=O)NC3(CCN(C(=O)c4ccccc4)CC3)C2=O)C1. The van der Waals surface area contributed by atoms with Crippen LogP contribution in [-0.4, -0.2) is 76.2 Å². The van der Waals surface area contributed by atoms with Crippen molar-refractivity contribution in [1.82, 2.24) is 20.0 Å². The molecule has 1 aromatic carbocycles. The van der Waals surface area contributed by atoms with Gasteiger partial charge in [-0.3, -0.25) is 19.3 Å². The molecular formula is C24H30N4O4. The predicted molar refractivity (Wildman–Crippen MR) is 117 cm³/mol. The summed E-state index contributed by atoms with van der Waals surface area (Å²) in [5, 5.41) is 2.95. The van der Waals surface area contributed by atoms with Gasteiger partial charge in [0.25, 0.3) is 11.8 Å². The second kappa shape index (κ2) is 7.90. The van der Waals surface area contributed by atoms with Gasteiger partial charge < -0.3 is 15.1 Å². The van der Waals surface area contributed by atoms with Gasteiger partial charge in [0, 0.05) is 37.7 Å². The van der Waals surface area contributed by atoms with E-state index in [2.05, 4.69) is 12.2 Å². The molecule has 4 aliphatic rings. The first-order valence-corrected chi connectivity index (χ1v) is 11.7. The molecule has 0 aromatic heterocycles. The van der Waals surface area contributed by atoms with Crippen molar-refractivity contribution >= 4 is 23.8 Å². The molecule has 1 spiro atoms. The number of carbonyl (C=O) groups is 4. The van der Waals surface area contributed by atoms with Gasteiger partial charge >= 0.3 is 6.03 Å². The number of hydrogen-bond donors (Lipinski definition) is 1. The summed E-state index contributed by atoms with van der Waals surface area (Å²) in [5.41, 5.74) is -0.314. The minimum atomic E-state index is -0.943. The van der Waals surface area contributed by atoms with Crippen LogP contribution >= 0.6 is 0 Å². The molecule has 3 atom stereocenters. The van der Waals surface area contributed by atoms with Crippen LogP contribution in [-0.2, 0) is 9.59 Å². The molecule has 170 valence electrons. The van der Waals surface area contributed by atoms with E-state index in [9.17, 15) is 19.2 Å². The van der Waals surface area contributed by atoms with Gasteiger partial charge in [0.1, 0.15) is 5.54 Å². The Balaban J connectivity index is 1.24. The Morgan fingerprint density at radius 2 is 1.72 bits per heavy atom. The molecule has 8 heteroatoms. The Morgan fingerprint density at radius 1 is 1.03 bits per heavy atom. The number of piperidine rings is 2. The van der Waals surface area contributed by atoms with Gasteiger partial charge in [-0.1, -0.05) is 25.1 Å². The summed E-state index contributed by atoms with van der Waals surface area (Å²) in [6.45, 7) is 4.05. The van der Waals surface area contributed by atoms with E-state index in [0.717, 1.165) is 19.3 Å². The Kier molecular flexibility index (Phi) is 5.18. The van der Waals surface area contributed by atoms with Crippen LogP contribution in [0, 0.1) is 11.8 Å². The molecule has 32 heavy (non-hydrogen) atoms. The average Bonchev–Trinajstić information content (AvgIpc) is 3.50. The standard InChI is InChI=1S/C24H30N4O4/c1-16-14-19(16)21(30)27-11-5-8-18(15-27)28-22(31)24(25-23(28)32)9-12-26(13-10-24)20(29)17-6-3-2-4-7-17/h2-4,6-7,16,18-19H,5,8-15H2,1H3,(H,25,32)/t16-,18+,19-/m1/s1. The third-order valence-corrected chi connectivity index (χ3v) is 7.62. The number of nitrogens with one attached hydrogen (secondary N) is 1. The molecule has 1 aromatic rings. The van der Waals surface area contributed by atoms with Crippen LogP contribution in [0.5, 0.6) is 0 Å². The zero-order valence-electron chi connectivity index (χ0n) is 18.5. The van der Waals surface area contributed by atoms with Crippen molar-refractivity contribution in [2.45, 2.75) is 50.6 Å². The monoisotopic (exact) mass is 438 g/mol. The molecule has 0 unspecified atom stereocenters. The molecular weight excluding hydrogens is 408 g/mol. The summed E-state index contributed by atoms with van der Waals surface area (Å²) in [5.74, 6) is 0.455. The lowest BCUT2D eigenvalue weighted by molar-refractivity contribution is -0.139. The van der Waals surface area contributed by atoms with Crippen LogP contribution in [0.1, 0.15) is 49.4 Å². The summed E-state index contributed by atoms with van der Waals surface area (Å²) < 4.78 is 0. The van der Waals surface area contributed by atoms with E-state index < -0.39 is 5.54 Å². The molecule has 1 saturated carbocycles. The Bertz CT molecular complexity index is 941. The first kappa shape index (κ1) is 21.0. The van der Waals surface area contributed by atoms with Crippen molar-refractivity contribution < 1.29 is 19.2 Å². The second-order valence-corrected chi connectivity index (χ2v) is 9.75. The molecule has 3 aliphatic heterocycles. The number of hydrogen-bond acceptors (Lipinski definition) is 4. The molecule has 3 heterocycles. The zero-order chi connectivity index (χ0) is 22.5. The number of imide groups is 1. The van der Waals surface area contributed by atoms with E-state index in [1.54, 1.807) is 17.0 Å². The van der Waals surface area contributed by atoms with Crippen LogP contribution in [0.4, 0.5) is 4.79 Å². The fourth-order valence-corrected chi connectivity index (χ4v) is 5.43. The minimum Gasteiger partial charge on any atom is -0.340 e. The molecule has 5 amide bonds. The summed E-state index contributed by atoms with van der Waals surface area (Å²) in [7, 11) is 0. The number of carbonyl (C=O) groups excluding carboxylic acids is 4. The van der Waals surface area contributed by atoms with E-state index in [4.69, 9.17) is 0 Å². The lowest BCUT2D eigenvalue weighted by Crippen LogP contribution is -2.57. The molecule has 4 fully saturated rings. The Morgan fingerprint density at radius 3 is 2.38 bits per heavy atom. The smallest absolute Gasteiger partial charge is 0.325 e. The van der Waals surface area contributed by atoms with Crippen LogP contribution in [0.15, 0.2) is 30.3 Å². The third kappa shape index (κ3) is 3.55. The van der Waals surface area contributed by atoms with Crippen molar-refractivity contribution in [1.29, 1.82) is 0 Å². The first-order valence-electron chi connectivity index (χ1n) is 11.7. The fourth-order valence-electron chi connectivity index (χ4n) is 5.43. The van der Waals surface area contributed by atoms with E-state index >= 15 is 0 Å². The maximum absolute atomic E-state index is 13.4. The number of nitrogens with zero attached hydrogens (tertiary/aromatic N) is 3. The van der Waals surface area contributed by atoms with E-state index in [1.165, 1.54) is 4.90 Å². The van der Waals surface area contributed by atoms with Gasteiger partial charge in [0.15, 0.2) is 0 Å². The van der Waals surface area contributed by atoms with Gasteiger partial charge in [-0.25, -0.2) is 4.79 Å². The molecule has 8 nitrogen and oxygen atoms in total. The highest BCUT2D eigenvalue weighted by molar-refractivity contribution is 6.07. The van der Waals surface area contributed by atoms with E-state index in [1.807, 2.05) is 23.1 Å². The minimum absolute atomic E-state index is 0.0511. The van der Waals surface area contributed by atoms with E-state index in [0.29, 0.717) is 50.5 Å². The molecule has 0 bridgehead atoms. The van der Waals surface area contributed by atoms with Crippen LogP contribution in [0.3, 0.4) is 0 Å². The summed E-state index contributed by atoms with van der Waals surface area (Å²) >= 11 is 0. The number of rotatable bonds is 3. The summed E-state index contributed by atoms with van der Waals surface area (Å²) in [4.78, 5) is 56.7. The fraction of sp³-hybridized carbons (Fsp3) is 0.583. The normalized spacial score (nSPS) is 29.3. The summed E-state index contributed by atoms with van der Waals surface area (Å²) in [6, 6.07) is 8.47. The molecule has 0 radical (unpaired) electrons. The average molecular weight is 439 g/mol. The van der Waals surface area contributed by atoms with Crippen molar-refractivity contribution in [2.24, 2.45) is 11.8 Å². The van der Waals surface area contributed by atoms with Crippen molar-refractivity contribution in [3.05, 3.63) is 35.9 Å². The first-order chi connectivity index (χ1) is 15.4. The van der Waals surface area contributed by atoms with Crippen LogP contribution in [0.2, 0.25) is 0 Å². The van der Waals surface area contributed by atoms with Crippen LogP contribution < -0.4 is 5.32 Å². The van der Waals surface area contributed by atoms with Gasteiger partial charge in [-0.15, -0.1) is 0 Å². The Labute approximate surface area is 187 Å². The summed E-state index contributed by atoms with van der Waals surface area (Å²) in [6.07, 6.45) is 3.26. The lowest BCUT2D eigenvalue weighted by Gasteiger charge is -2.39. The van der Waals surface area contributed by atoms with Crippen molar-refractivity contribution in [3.63, 3.8) is 0 Å². The molecule has 3 saturated heterocycles. The number of likely N-dealkylation sites (tertiary alicyclic amines) is 2. The largest absolute Gasteiger partial charge is 0.340 e. The van der Waals surface area contributed by atoms with Gasteiger partial charge in [-0.2, -0.15) is 0 Å². The second-order valence-electron chi connectivity index (χ2n) is 9.75. The lowest BCUT2D eigenvalue weighted by atomic mass is 9.86. The van der Waals surface area contributed by atoms with Gasteiger partial charge in [-0.05, 0) is 50.2 Å². The van der Waals surface area contributed by atoms with Gasteiger partial charge in [0.2, 0.25) is 5.91 Å². The Hall–Kier alpha value is -2.90. The quantitative estimate of drug-likeness (QED) is 0.730. The highest BCUT2D eigenvalue weighted by atomic mass is 16.2. The maximum Gasteiger partial charge on any atom is 0.325 e. The predicted octanol–water partition coefficient (Wildman–Crippen LogP) is 1.86. The molecule has 5 rings (SSSR count). The van der Waals surface area contributed by atoms with E-state index in [-0.39, 0.29) is 35.7 Å².